The number of nitrogens with one attached hydrogen (secondary N) is 2. The van der Waals surface area contributed by atoms with Gasteiger partial charge in [0.25, 0.3) is 0 Å². The highest BCUT2D eigenvalue weighted by atomic mass is 35.5. The molecule has 4 nitrogen and oxygen atoms in total. The van der Waals surface area contributed by atoms with Gasteiger partial charge in [-0.25, -0.2) is 4.98 Å². The van der Waals surface area contributed by atoms with Crippen molar-refractivity contribution in [2.45, 2.75) is 44.1 Å². The van der Waals surface area contributed by atoms with Crippen LogP contribution in [0.1, 0.15) is 38.5 Å². The summed E-state index contributed by atoms with van der Waals surface area (Å²) in [5.74, 6) is 4.17. The van der Waals surface area contributed by atoms with E-state index in [-0.39, 0.29) is 5.54 Å². The van der Waals surface area contributed by atoms with Crippen molar-refractivity contribution in [2.24, 2.45) is 17.8 Å². The van der Waals surface area contributed by atoms with Crippen LogP contribution in [0, 0.1) is 17.8 Å². The predicted molar refractivity (Wildman–Crippen MR) is 81.1 cm³/mol. The molecule has 0 unspecified atom stereocenters. The zero-order valence-corrected chi connectivity index (χ0v) is 12.6. The van der Waals surface area contributed by atoms with Crippen LogP contribution < -0.4 is 10.6 Å². The Morgan fingerprint density at radius 2 is 1.75 bits per heavy atom. The number of aromatic nitrogens is 2. The van der Waals surface area contributed by atoms with E-state index in [1.807, 2.05) is 7.05 Å². The molecule has 2 N–H and O–H groups in total. The van der Waals surface area contributed by atoms with E-state index >= 15 is 0 Å². The van der Waals surface area contributed by atoms with E-state index in [2.05, 4.69) is 20.6 Å². The van der Waals surface area contributed by atoms with Crippen LogP contribution in [0.2, 0.25) is 5.02 Å². The highest BCUT2D eigenvalue weighted by molar-refractivity contribution is 6.32. The summed E-state index contributed by atoms with van der Waals surface area (Å²) in [6.45, 7) is 0. The second-order valence-corrected chi connectivity index (χ2v) is 7.37. The molecular weight excluding hydrogens is 272 g/mol. The fourth-order valence-electron chi connectivity index (χ4n) is 5.09. The summed E-state index contributed by atoms with van der Waals surface area (Å²) < 4.78 is 0. The molecule has 4 aliphatic rings. The summed E-state index contributed by atoms with van der Waals surface area (Å²) in [6, 6.07) is 0. The van der Waals surface area contributed by atoms with Crippen LogP contribution in [0.4, 0.5) is 11.8 Å². The lowest BCUT2D eigenvalue weighted by atomic mass is 9.53. The number of hydrogen-bond acceptors (Lipinski definition) is 4. The van der Waals surface area contributed by atoms with Gasteiger partial charge in [-0.3, -0.25) is 0 Å². The first-order valence-corrected chi connectivity index (χ1v) is 8.02. The average Bonchev–Trinajstić information content (AvgIpc) is 2.39. The maximum atomic E-state index is 6.28. The highest BCUT2D eigenvalue weighted by Gasteiger charge is 2.51. The molecule has 0 aliphatic heterocycles. The van der Waals surface area contributed by atoms with Gasteiger partial charge in [-0.1, -0.05) is 11.6 Å². The van der Waals surface area contributed by atoms with E-state index < -0.39 is 0 Å². The molecule has 0 spiro atoms. The highest BCUT2D eigenvalue weighted by Crippen LogP contribution is 2.56. The van der Waals surface area contributed by atoms with Crippen molar-refractivity contribution in [3.05, 3.63) is 11.2 Å². The van der Waals surface area contributed by atoms with Crippen LogP contribution in [0.15, 0.2) is 6.20 Å². The zero-order chi connectivity index (χ0) is 13.7. The minimum Gasteiger partial charge on any atom is -0.363 e. The van der Waals surface area contributed by atoms with Crippen LogP contribution in [-0.2, 0) is 0 Å². The van der Waals surface area contributed by atoms with E-state index in [1.54, 1.807) is 6.20 Å². The molecule has 0 saturated heterocycles. The molecule has 0 atom stereocenters. The van der Waals surface area contributed by atoms with Gasteiger partial charge in [0.15, 0.2) is 5.82 Å². The van der Waals surface area contributed by atoms with Crippen LogP contribution >= 0.6 is 11.6 Å². The molecule has 0 amide bonds. The minimum absolute atomic E-state index is 0.234. The normalized spacial score (nSPS) is 38.0. The summed E-state index contributed by atoms with van der Waals surface area (Å²) in [5.41, 5.74) is 0.234. The number of halogens is 1. The molecule has 0 radical (unpaired) electrons. The molecule has 1 aromatic heterocycles. The van der Waals surface area contributed by atoms with E-state index in [0.717, 1.165) is 23.6 Å². The third kappa shape index (κ3) is 2.05. The molecule has 108 valence electrons. The molecule has 1 heterocycles. The number of anilines is 2. The summed E-state index contributed by atoms with van der Waals surface area (Å²) in [4.78, 5) is 8.66. The lowest BCUT2D eigenvalue weighted by Crippen LogP contribution is -2.54. The Morgan fingerprint density at radius 1 is 1.15 bits per heavy atom. The molecule has 4 fully saturated rings. The average molecular weight is 293 g/mol. The fourth-order valence-corrected chi connectivity index (χ4v) is 5.23. The topological polar surface area (TPSA) is 49.8 Å². The van der Waals surface area contributed by atoms with Gasteiger partial charge < -0.3 is 10.6 Å². The van der Waals surface area contributed by atoms with Gasteiger partial charge in [-0.15, -0.1) is 0 Å². The van der Waals surface area contributed by atoms with Gasteiger partial charge in [-0.2, -0.15) is 4.98 Å². The third-order valence-electron chi connectivity index (χ3n) is 5.39. The standard InChI is InChI=1S/C15H21ClN4/c1-17-14-18-8-12(16)13(19-14)20-15-5-9-2-10(6-15)4-11(3-9)7-15/h8-11H,2-7H2,1H3,(H2,17,18,19,20). The van der Waals surface area contributed by atoms with Gasteiger partial charge in [0.1, 0.15) is 5.02 Å². The fraction of sp³-hybridized carbons (Fsp3) is 0.733. The third-order valence-corrected chi connectivity index (χ3v) is 5.67. The van der Waals surface area contributed by atoms with Crippen molar-refractivity contribution in [1.29, 1.82) is 0 Å². The molecular formula is C15H21ClN4. The molecule has 4 bridgehead atoms. The number of nitrogens with zero attached hydrogens (tertiary/aromatic N) is 2. The zero-order valence-electron chi connectivity index (χ0n) is 11.8. The van der Waals surface area contributed by atoms with Gasteiger partial charge >= 0.3 is 0 Å². The maximum absolute atomic E-state index is 6.28. The lowest BCUT2D eigenvalue weighted by Gasteiger charge is -2.57. The predicted octanol–water partition coefficient (Wildman–Crippen LogP) is 3.55. The summed E-state index contributed by atoms with van der Waals surface area (Å²) >= 11 is 6.28. The van der Waals surface area contributed by atoms with Crippen molar-refractivity contribution < 1.29 is 0 Å². The van der Waals surface area contributed by atoms with Gasteiger partial charge in [0.05, 0.1) is 6.20 Å². The summed E-state index contributed by atoms with van der Waals surface area (Å²) in [7, 11) is 1.83. The molecule has 5 rings (SSSR count). The molecule has 4 saturated carbocycles. The van der Waals surface area contributed by atoms with Gasteiger partial charge in [0.2, 0.25) is 5.95 Å². The lowest BCUT2D eigenvalue weighted by molar-refractivity contribution is 0.0105. The second kappa shape index (κ2) is 4.48. The minimum atomic E-state index is 0.234. The van der Waals surface area contributed by atoms with Gasteiger partial charge in [-0.05, 0) is 56.3 Å². The monoisotopic (exact) mass is 292 g/mol. The van der Waals surface area contributed by atoms with E-state index in [9.17, 15) is 0 Å². The molecule has 1 aromatic rings. The van der Waals surface area contributed by atoms with Crippen molar-refractivity contribution >= 4 is 23.4 Å². The Balaban J connectivity index is 1.62. The van der Waals surface area contributed by atoms with Crippen LogP contribution in [-0.4, -0.2) is 22.6 Å². The quantitative estimate of drug-likeness (QED) is 0.894. The van der Waals surface area contributed by atoms with E-state index in [4.69, 9.17) is 11.6 Å². The first-order valence-electron chi connectivity index (χ1n) is 7.64. The van der Waals surface area contributed by atoms with Crippen LogP contribution in [0.5, 0.6) is 0 Å². The maximum Gasteiger partial charge on any atom is 0.224 e. The Kier molecular flexibility index (Phi) is 2.85. The molecule has 5 heteroatoms. The van der Waals surface area contributed by atoms with Crippen LogP contribution in [0.25, 0.3) is 0 Å². The Hall–Kier alpha value is -1.03. The largest absolute Gasteiger partial charge is 0.363 e. The SMILES string of the molecule is CNc1ncc(Cl)c(NC23CC4CC(CC(C4)C2)C3)n1. The molecule has 4 aliphatic carbocycles. The van der Waals surface area contributed by atoms with E-state index in [1.165, 1.54) is 38.5 Å². The van der Waals surface area contributed by atoms with E-state index in [0.29, 0.717) is 11.0 Å². The van der Waals surface area contributed by atoms with Crippen molar-refractivity contribution in [2.75, 3.05) is 17.7 Å². The van der Waals surface area contributed by atoms with Crippen molar-refractivity contribution in [3.63, 3.8) is 0 Å². The summed E-state index contributed by atoms with van der Waals surface area (Å²) in [6.07, 6.45) is 9.88. The van der Waals surface area contributed by atoms with Crippen molar-refractivity contribution in [3.8, 4) is 0 Å². The first kappa shape index (κ1) is 12.7. The van der Waals surface area contributed by atoms with Crippen LogP contribution in [0.3, 0.4) is 0 Å². The smallest absolute Gasteiger partial charge is 0.224 e. The number of hydrogen-bond donors (Lipinski definition) is 2. The second-order valence-electron chi connectivity index (χ2n) is 6.96. The first-order chi connectivity index (χ1) is 9.66. The Bertz CT molecular complexity index is 495. The summed E-state index contributed by atoms with van der Waals surface area (Å²) in [5, 5.41) is 7.31. The van der Waals surface area contributed by atoms with Gasteiger partial charge in [0, 0.05) is 12.6 Å². The number of rotatable bonds is 3. The Morgan fingerprint density at radius 3 is 2.30 bits per heavy atom. The molecule has 20 heavy (non-hydrogen) atoms. The molecule has 0 aromatic carbocycles. The Labute approximate surface area is 124 Å². The van der Waals surface area contributed by atoms with Crippen molar-refractivity contribution in [1.82, 2.24) is 9.97 Å².